The topological polar surface area (TPSA) is 46.6 Å². The van der Waals surface area contributed by atoms with Gasteiger partial charge < -0.3 is 9.64 Å². The average Bonchev–Trinajstić information content (AvgIpc) is 3.05. The Labute approximate surface area is 179 Å². The van der Waals surface area contributed by atoms with E-state index in [1.165, 1.54) is 18.4 Å². The fourth-order valence-corrected chi connectivity index (χ4v) is 4.88. The first-order valence-electron chi connectivity index (χ1n) is 10.8. The second kappa shape index (κ2) is 8.92. The molecule has 29 heavy (non-hydrogen) atoms. The molecule has 2 saturated carbocycles. The summed E-state index contributed by atoms with van der Waals surface area (Å²) in [4.78, 5) is 29.3. The molecule has 1 aromatic heterocycles. The quantitative estimate of drug-likeness (QED) is 0.472. The molecule has 1 heterocycles. The summed E-state index contributed by atoms with van der Waals surface area (Å²) in [6.45, 7) is 8.44. The predicted molar refractivity (Wildman–Crippen MR) is 118 cm³/mol. The molecule has 5 heteroatoms. The zero-order valence-electron chi connectivity index (χ0n) is 18.3. The Morgan fingerprint density at radius 3 is 2.31 bits per heavy atom. The number of thiophene rings is 1. The second-order valence-electron chi connectivity index (χ2n) is 9.57. The summed E-state index contributed by atoms with van der Waals surface area (Å²) in [7, 11) is 1.39. The van der Waals surface area contributed by atoms with Crippen LogP contribution in [0, 0.1) is 29.1 Å². The monoisotopic (exact) mass is 415 g/mol. The van der Waals surface area contributed by atoms with Crippen molar-refractivity contribution >= 4 is 28.9 Å². The lowest BCUT2D eigenvalue weighted by atomic mass is 9.81. The fraction of sp³-hybridized carbons (Fsp3) is 0.667. The number of hydrogen-bond acceptors (Lipinski definition) is 4. The Kier molecular flexibility index (Phi) is 6.73. The van der Waals surface area contributed by atoms with Crippen LogP contribution in [-0.4, -0.2) is 25.0 Å². The number of esters is 1. The zero-order valence-corrected chi connectivity index (χ0v) is 19.2. The van der Waals surface area contributed by atoms with Crippen LogP contribution in [0.1, 0.15) is 87.2 Å². The summed E-state index contributed by atoms with van der Waals surface area (Å²) in [5, 5.41) is 0. The largest absolute Gasteiger partial charge is 0.465 e. The van der Waals surface area contributed by atoms with Crippen molar-refractivity contribution in [3.05, 3.63) is 15.8 Å². The Morgan fingerprint density at radius 2 is 1.79 bits per heavy atom. The van der Waals surface area contributed by atoms with E-state index in [0.717, 1.165) is 49.8 Å². The summed E-state index contributed by atoms with van der Waals surface area (Å²) in [6, 6.07) is 2.11. The van der Waals surface area contributed by atoms with Crippen LogP contribution in [0.25, 0.3) is 0 Å². The third-order valence-electron chi connectivity index (χ3n) is 5.95. The van der Waals surface area contributed by atoms with E-state index in [1.54, 1.807) is 0 Å². The van der Waals surface area contributed by atoms with E-state index in [9.17, 15) is 9.59 Å². The molecule has 0 radical (unpaired) electrons. The van der Waals surface area contributed by atoms with Gasteiger partial charge in [0.25, 0.3) is 0 Å². The molecule has 3 rings (SSSR count). The Hall–Kier alpha value is -1.80. The van der Waals surface area contributed by atoms with Crippen LogP contribution in [0.4, 0.5) is 5.69 Å². The molecule has 0 atom stereocenters. The lowest BCUT2D eigenvalue weighted by Crippen LogP contribution is -2.48. The number of methoxy groups -OCH3 is 1. The molecular weight excluding hydrogens is 382 g/mol. The number of carbonyl (C=O) groups excluding carboxylic acids is 2. The molecule has 0 aromatic carbocycles. The van der Waals surface area contributed by atoms with Gasteiger partial charge in [0.1, 0.15) is 4.88 Å². The average molecular weight is 416 g/mol. The summed E-state index contributed by atoms with van der Waals surface area (Å²) < 4.78 is 5.04. The standard InChI is InChI=1S/C24H33NO3S/c1-16-9-11-17(12-10-16)22(26)25(18-7-6-8-18)20-15-19(13-14-24(2,3)4)29-21(20)23(27)28-5/h15-18H,6-12H2,1-5H3. The molecule has 0 unspecified atom stereocenters. The van der Waals surface area contributed by atoms with Crippen LogP contribution in [0.2, 0.25) is 0 Å². The van der Waals surface area contributed by atoms with Gasteiger partial charge in [-0.25, -0.2) is 4.79 Å². The van der Waals surface area contributed by atoms with E-state index in [2.05, 4.69) is 39.5 Å². The third kappa shape index (κ3) is 5.22. The molecule has 4 nitrogen and oxygen atoms in total. The molecule has 0 spiro atoms. The molecule has 0 aliphatic heterocycles. The van der Waals surface area contributed by atoms with Crippen molar-refractivity contribution < 1.29 is 14.3 Å². The van der Waals surface area contributed by atoms with Crippen molar-refractivity contribution in [2.24, 2.45) is 17.3 Å². The molecule has 0 bridgehead atoms. The SMILES string of the molecule is COC(=O)c1sc(C#CC(C)(C)C)cc1N(C(=O)C1CCC(C)CC1)C1CCC1. The van der Waals surface area contributed by atoms with E-state index in [1.807, 2.05) is 11.0 Å². The van der Waals surface area contributed by atoms with Crippen molar-refractivity contribution in [3.8, 4) is 11.8 Å². The fourth-order valence-electron chi connectivity index (χ4n) is 3.95. The second-order valence-corrected chi connectivity index (χ2v) is 10.6. The van der Waals surface area contributed by atoms with E-state index in [-0.39, 0.29) is 29.3 Å². The first-order valence-corrected chi connectivity index (χ1v) is 11.6. The van der Waals surface area contributed by atoms with E-state index in [4.69, 9.17) is 4.74 Å². The molecular formula is C24H33NO3S. The smallest absolute Gasteiger partial charge is 0.350 e. The highest BCUT2D eigenvalue weighted by Crippen LogP contribution is 2.40. The van der Waals surface area contributed by atoms with Gasteiger partial charge in [-0.2, -0.15) is 0 Å². The first-order chi connectivity index (χ1) is 13.7. The van der Waals surface area contributed by atoms with Crippen molar-refractivity contribution in [1.29, 1.82) is 0 Å². The lowest BCUT2D eigenvalue weighted by Gasteiger charge is -2.40. The van der Waals surface area contributed by atoms with Gasteiger partial charge in [0, 0.05) is 17.4 Å². The highest BCUT2D eigenvalue weighted by Gasteiger charge is 2.38. The lowest BCUT2D eigenvalue weighted by molar-refractivity contribution is -0.124. The zero-order chi connectivity index (χ0) is 21.2. The first kappa shape index (κ1) is 21.9. The molecule has 1 amide bonds. The number of carbonyl (C=O) groups is 2. The Balaban J connectivity index is 1.97. The summed E-state index contributed by atoms with van der Waals surface area (Å²) >= 11 is 1.34. The number of hydrogen-bond donors (Lipinski definition) is 0. The molecule has 2 fully saturated rings. The van der Waals surface area contributed by atoms with Gasteiger partial charge in [-0.3, -0.25) is 4.79 Å². The normalized spacial score (nSPS) is 22.2. The number of ether oxygens (including phenoxy) is 1. The molecule has 2 aliphatic rings. The predicted octanol–water partition coefficient (Wildman–Crippen LogP) is 5.64. The minimum atomic E-state index is -0.386. The van der Waals surface area contributed by atoms with Gasteiger partial charge in [0.2, 0.25) is 5.91 Å². The van der Waals surface area contributed by atoms with Gasteiger partial charge >= 0.3 is 5.97 Å². The molecule has 0 saturated heterocycles. The van der Waals surface area contributed by atoms with Gasteiger partial charge in [0.15, 0.2) is 0 Å². The van der Waals surface area contributed by atoms with Crippen LogP contribution in [-0.2, 0) is 9.53 Å². The van der Waals surface area contributed by atoms with Gasteiger partial charge in [-0.1, -0.05) is 18.8 Å². The van der Waals surface area contributed by atoms with E-state index in [0.29, 0.717) is 16.5 Å². The summed E-state index contributed by atoms with van der Waals surface area (Å²) in [5.41, 5.74) is 0.575. The van der Waals surface area contributed by atoms with Gasteiger partial charge in [-0.15, -0.1) is 11.3 Å². The van der Waals surface area contributed by atoms with Crippen molar-refractivity contribution in [2.45, 2.75) is 78.7 Å². The molecule has 2 aliphatic carbocycles. The number of rotatable bonds is 4. The van der Waals surface area contributed by atoms with Crippen LogP contribution in [0.3, 0.4) is 0 Å². The van der Waals surface area contributed by atoms with E-state index >= 15 is 0 Å². The van der Waals surface area contributed by atoms with Crippen LogP contribution in [0.5, 0.6) is 0 Å². The van der Waals surface area contributed by atoms with Crippen LogP contribution < -0.4 is 4.90 Å². The minimum Gasteiger partial charge on any atom is -0.465 e. The van der Waals surface area contributed by atoms with Crippen molar-refractivity contribution in [2.75, 3.05) is 12.0 Å². The highest BCUT2D eigenvalue weighted by molar-refractivity contribution is 7.15. The van der Waals surface area contributed by atoms with Crippen molar-refractivity contribution in [3.63, 3.8) is 0 Å². The highest BCUT2D eigenvalue weighted by atomic mass is 32.1. The number of anilines is 1. The maximum Gasteiger partial charge on any atom is 0.350 e. The third-order valence-corrected chi connectivity index (χ3v) is 6.97. The van der Waals surface area contributed by atoms with Gasteiger partial charge in [0.05, 0.1) is 17.7 Å². The van der Waals surface area contributed by atoms with Gasteiger partial charge in [-0.05, 0) is 77.7 Å². The number of nitrogens with zero attached hydrogens (tertiary/aromatic N) is 1. The molecule has 0 N–H and O–H groups in total. The molecule has 158 valence electrons. The Bertz CT molecular complexity index is 811. The Morgan fingerprint density at radius 1 is 1.14 bits per heavy atom. The maximum absolute atomic E-state index is 13.6. The maximum atomic E-state index is 13.6. The summed E-state index contributed by atoms with van der Waals surface area (Å²) in [5.74, 6) is 6.98. The molecule has 1 aromatic rings. The van der Waals surface area contributed by atoms with Crippen molar-refractivity contribution in [1.82, 2.24) is 0 Å². The van der Waals surface area contributed by atoms with Crippen LogP contribution >= 0.6 is 11.3 Å². The number of amides is 1. The van der Waals surface area contributed by atoms with E-state index < -0.39 is 0 Å². The summed E-state index contributed by atoms with van der Waals surface area (Å²) in [6.07, 6.45) is 7.21. The minimum absolute atomic E-state index is 0.0568. The van der Waals surface area contributed by atoms with Crippen LogP contribution in [0.15, 0.2) is 6.07 Å².